The molecule has 0 aliphatic heterocycles. The molecule has 0 saturated carbocycles. The second-order valence-electron chi connectivity index (χ2n) is 4.36. The van der Waals surface area contributed by atoms with Crippen LogP contribution in [0.5, 0.6) is 0 Å². The third-order valence-corrected chi connectivity index (χ3v) is 2.97. The summed E-state index contributed by atoms with van der Waals surface area (Å²) in [5.41, 5.74) is 0. The van der Waals surface area contributed by atoms with Gasteiger partial charge in [-0.15, -0.1) is 0 Å². The first-order chi connectivity index (χ1) is 6.93. The van der Waals surface area contributed by atoms with Crippen LogP contribution in [0.1, 0.15) is 58.3 Å². The molecule has 1 aliphatic rings. The zero-order valence-corrected chi connectivity index (χ0v) is 9.60. The SMILES string of the molecule is CCCCCCCCNC1CC=CC1. The maximum atomic E-state index is 3.61. The Morgan fingerprint density at radius 2 is 1.64 bits per heavy atom. The number of hydrogen-bond donors (Lipinski definition) is 1. The van der Waals surface area contributed by atoms with Gasteiger partial charge in [0.2, 0.25) is 0 Å². The standard InChI is InChI=1S/C13H25N/c1-2-3-4-5-6-9-12-14-13-10-7-8-11-13/h7-8,13-14H,2-6,9-12H2,1H3. The smallest absolute Gasteiger partial charge is 0.0136 e. The fourth-order valence-corrected chi connectivity index (χ4v) is 2.00. The van der Waals surface area contributed by atoms with Crippen LogP contribution in [0.15, 0.2) is 12.2 Å². The molecule has 14 heavy (non-hydrogen) atoms. The Morgan fingerprint density at radius 3 is 2.36 bits per heavy atom. The molecule has 82 valence electrons. The molecule has 0 amide bonds. The van der Waals surface area contributed by atoms with Gasteiger partial charge in [-0.3, -0.25) is 0 Å². The van der Waals surface area contributed by atoms with Crippen molar-refractivity contribution in [3.63, 3.8) is 0 Å². The molecule has 0 unspecified atom stereocenters. The van der Waals surface area contributed by atoms with Gasteiger partial charge in [0.25, 0.3) is 0 Å². The van der Waals surface area contributed by atoms with Crippen LogP contribution < -0.4 is 5.32 Å². The second-order valence-corrected chi connectivity index (χ2v) is 4.36. The minimum atomic E-state index is 0.755. The number of rotatable bonds is 8. The van der Waals surface area contributed by atoms with Gasteiger partial charge < -0.3 is 5.32 Å². The molecule has 0 aromatic carbocycles. The van der Waals surface area contributed by atoms with Crippen molar-refractivity contribution in [1.82, 2.24) is 5.32 Å². The highest BCUT2D eigenvalue weighted by Gasteiger charge is 2.07. The molecule has 0 aromatic heterocycles. The first-order valence-corrected chi connectivity index (χ1v) is 6.32. The summed E-state index contributed by atoms with van der Waals surface area (Å²) in [7, 11) is 0. The van der Waals surface area contributed by atoms with E-state index in [2.05, 4.69) is 24.4 Å². The van der Waals surface area contributed by atoms with Crippen molar-refractivity contribution in [2.24, 2.45) is 0 Å². The fraction of sp³-hybridized carbons (Fsp3) is 0.846. The Hall–Kier alpha value is -0.300. The van der Waals surface area contributed by atoms with Gasteiger partial charge in [-0.1, -0.05) is 51.2 Å². The maximum Gasteiger partial charge on any atom is 0.0136 e. The molecule has 0 fully saturated rings. The van der Waals surface area contributed by atoms with Gasteiger partial charge in [0.05, 0.1) is 0 Å². The Bertz CT molecular complexity index is 143. The van der Waals surface area contributed by atoms with E-state index in [-0.39, 0.29) is 0 Å². The van der Waals surface area contributed by atoms with E-state index in [1.807, 2.05) is 0 Å². The van der Waals surface area contributed by atoms with Crippen molar-refractivity contribution >= 4 is 0 Å². The van der Waals surface area contributed by atoms with Crippen molar-refractivity contribution in [3.05, 3.63) is 12.2 Å². The molecule has 0 heterocycles. The topological polar surface area (TPSA) is 12.0 Å². The van der Waals surface area contributed by atoms with Crippen molar-refractivity contribution in [1.29, 1.82) is 0 Å². The Morgan fingerprint density at radius 1 is 1.00 bits per heavy atom. The molecular formula is C13H25N. The Balaban J connectivity index is 1.75. The number of hydrogen-bond acceptors (Lipinski definition) is 1. The molecule has 0 saturated heterocycles. The second kappa shape index (κ2) is 8.05. The van der Waals surface area contributed by atoms with E-state index in [1.54, 1.807) is 0 Å². The lowest BCUT2D eigenvalue weighted by Crippen LogP contribution is -2.27. The van der Waals surface area contributed by atoms with Crippen LogP contribution in [0, 0.1) is 0 Å². The van der Waals surface area contributed by atoms with Crippen LogP contribution in [0.25, 0.3) is 0 Å². The lowest BCUT2D eigenvalue weighted by Gasteiger charge is -2.11. The number of unbranched alkanes of at least 4 members (excludes halogenated alkanes) is 5. The van der Waals surface area contributed by atoms with Crippen LogP contribution in [-0.2, 0) is 0 Å². The third-order valence-electron chi connectivity index (χ3n) is 2.97. The zero-order valence-electron chi connectivity index (χ0n) is 9.60. The predicted octanol–water partition coefficient (Wildman–Crippen LogP) is 3.66. The van der Waals surface area contributed by atoms with Gasteiger partial charge in [-0.05, 0) is 25.8 Å². The molecular weight excluding hydrogens is 170 g/mol. The van der Waals surface area contributed by atoms with Gasteiger partial charge in [-0.25, -0.2) is 0 Å². The summed E-state index contributed by atoms with van der Waals surface area (Å²) in [4.78, 5) is 0. The van der Waals surface area contributed by atoms with Crippen molar-refractivity contribution in [2.45, 2.75) is 64.3 Å². The molecule has 0 radical (unpaired) electrons. The van der Waals surface area contributed by atoms with Crippen LogP contribution in [-0.4, -0.2) is 12.6 Å². The van der Waals surface area contributed by atoms with Gasteiger partial charge in [0.1, 0.15) is 0 Å². The van der Waals surface area contributed by atoms with Gasteiger partial charge in [-0.2, -0.15) is 0 Å². The summed E-state index contributed by atoms with van der Waals surface area (Å²) in [6, 6.07) is 0.755. The highest BCUT2D eigenvalue weighted by Crippen LogP contribution is 2.09. The fourth-order valence-electron chi connectivity index (χ4n) is 2.00. The molecule has 1 heteroatoms. The van der Waals surface area contributed by atoms with Crippen molar-refractivity contribution in [2.75, 3.05) is 6.54 Å². The maximum absolute atomic E-state index is 3.61. The normalized spacial score (nSPS) is 16.6. The molecule has 1 N–H and O–H groups in total. The van der Waals surface area contributed by atoms with E-state index in [9.17, 15) is 0 Å². The molecule has 0 bridgehead atoms. The summed E-state index contributed by atoms with van der Waals surface area (Å²) in [5.74, 6) is 0. The van der Waals surface area contributed by atoms with E-state index >= 15 is 0 Å². The summed E-state index contributed by atoms with van der Waals surface area (Å²) in [5, 5.41) is 3.61. The molecule has 1 nitrogen and oxygen atoms in total. The molecule has 1 rings (SSSR count). The van der Waals surface area contributed by atoms with Gasteiger partial charge in [0, 0.05) is 6.04 Å². The molecule has 1 aliphatic carbocycles. The minimum Gasteiger partial charge on any atom is -0.313 e. The largest absolute Gasteiger partial charge is 0.313 e. The van der Waals surface area contributed by atoms with E-state index in [0.717, 1.165) is 6.04 Å². The van der Waals surface area contributed by atoms with E-state index in [1.165, 1.54) is 57.9 Å². The lowest BCUT2D eigenvalue weighted by molar-refractivity contribution is 0.507. The van der Waals surface area contributed by atoms with Crippen LogP contribution >= 0.6 is 0 Å². The van der Waals surface area contributed by atoms with E-state index in [0.29, 0.717) is 0 Å². The Kier molecular flexibility index (Phi) is 6.77. The molecule has 0 atom stereocenters. The average Bonchev–Trinajstić information content (AvgIpc) is 2.69. The summed E-state index contributed by atoms with van der Waals surface area (Å²) >= 11 is 0. The number of nitrogens with one attached hydrogen (secondary N) is 1. The summed E-state index contributed by atoms with van der Waals surface area (Å²) in [6.07, 6.45) is 15.5. The quantitative estimate of drug-likeness (QED) is 0.460. The first-order valence-electron chi connectivity index (χ1n) is 6.32. The predicted molar refractivity (Wildman–Crippen MR) is 63.5 cm³/mol. The lowest BCUT2D eigenvalue weighted by atomic mass is 10.1. The van der Waals surface area contributed by atoms with Crippen molar-refractivity contribution < 1.29 is 0 Å². The van der Waals surface area contributed by atoms with Gasteiger partial charge in [0.15, 0.2) is 0 Å². The average molecular weight is 195 g/mol. The summed E-state index contributed by atoms with van der Waals surface area (Å²) < 4.78 is 0. The van der Waals surface area contributed by atoms with Crippen LogP contribution in [0.2, 0.25) is 0 Å². The molecule has 0 spiro atoms. The monoisotopic (exact) mass is 195 g/mol. The van der Waals surface area contributed by atoms with Crippen LogP contribution in [0.3, 0.4) is 0 Å². The molecule has 0 aromatic rings. The van der Waals surface area contributed by atoms with E-state index in [4.69, 9.17) is 0 Å². The highest BCUT2D eigenvalue weighted by atomic mass is 14.9. The van der Waals surface area contributed by atoms with E-state index < -0.39 is 0 Å². The van der Waals surface area contributed by atoms with Crippen molar-refractivity contribution in [3.8, 4) is 0 Å². The minimum absolute atomic E-state index is 0.755. The first kappa shape index (κ1) is 11.8. The van der Waals surface area contributed by atoms with Crippen LogP contribution in [0.4, 0.5) is 0 Å². The third kappa shape index (κ3) is 5.43. The summed E-state index contributed by atoms with van der Waals surface area (Å²) in [6.45, 7) is 3.49. The Labute approximate surface area is 89.0 Å². The zero-order chi connectivity index (χ0) is 10.1. The highest BCUT2D eigenvalue weighted by molar-refractivity contribution is 4.97. The van der Waals surface area contributed by atoms with Gasteiger partial charge >= 0.3 is 0 Å².